The average Bonchev–Trinajstić information content (AvgIpc) is 3.73. The Kier molecular flexibility index (Phi) is 6.54. The number of nitrogens with zero attached hydrogens (tertiary/aromatic N) is 1. The summed E-state index contributed by atoms with van der Waals surface area (Å²) in [5.41, 5.74) is 0.132. The number of carboxylic acid groups (broad SMARTS) is 1. The van der Waals surface area contributed by atoms with Gasteiger partial charge in [-0.2, -0.15) is 0 Å². The molecule has 2 aliphatic rings. The molecule has 37 heavy (non-hydrogen) atoms. The highest BCUT2D eigenvalue weighted by Crippen LogP contribution is 2.58. The Bertz CT molecular complexity index is 1320. The summed E-state index contributed by atoms with van der Waals surface area (Å²) in [6.07, 6.45) is 1.42. The molecule has 1 aliphatic carbocycles. The van der Waals surface area contributed by atoms with Gasteiger partial charge in [0, 0.05) is 22.4 Å². The van der Waals surface area contributed by atoms with Gasteiger partial charge in [0.25, 0.3) is 0 Å². The molecule has 2 fully saturated rings. The standard InChI is InChI=1S/C30H28ClNO5/c1-30(29(35)36)25(18-10-14-22(31)15-11-18)24(27(33)20-6-4-3-5-7-20)26(32(30)28(34)21-8-9-21)19-12-16-23(37-2)17-13-19/h3-7,10-17,21,24-26H,8-9H2,1-2H3,(H,35,36). The van der Waals surface area contributed by atoms with Gasteiger partial charge < -0.3 is 14.7 Å². The Morgan fingerprint density at radius 1 is 0.919 bits per heavy atom. The van der Waals surface area contributed by atoms with Gasteiger partial charge in [-0.05, 0) is 55.2 Å². The second-order valence-electron chi connectivity index (χ2n) is 9.94. The molecule has 6 nitrogen and oxygen atoms in total. The van der Waals surface area contributed by atoms with Crippen LogP contribution >= 0.6 is 11.6 Å². The van der Waals surface area contributed by atoms with Crippen molar-refractivity contribution in [3.8, 4) is 5.75 Å². The van der Waals surface area contributed by atoms with Crippen molar-refractivity contribution in [1.29, 1.82) is 0 Å². The van der Waals surface area contributed by atoms with Crippen LogP contribution in [0.2, 0.25) is 5.02 Å². The third-order valence-corrected chi connectivity index (χ3v) is 7.98. The Morgan fingerprint density at radius 3 is 2.05 bits per heavy atom. The number of carbonyl (C=O) groups excluding carboxylic acids is 2. The maximum Gasteiger partial charge on any atom is 0.330 e. The lowest BCUT2D eigenvalue weighted by Gasteiger charge is -2.38. The number of likely N-dealkylation sites (tertiary alicyclic amines) is 1. The molecule has 7 heteroatoms. The predicted molar refractivity (Wildman–Crippen MR) is 140 cm³/mol. The molecule has 1 saturated carbocycles. The number of rotatable bonds is 7. The van der Waals surface area contributed by atoms with Crippen molar-refractivity contribution in [3.05, 3.63) is 101 Å². The molecule has 3 aromatic rings. The Balaban J connectivity index is 1.78. The molecule has 0 spiro atoms. The number of hydrogen-bond donors (Lipinski definition) is 1. The van der Waals surface area contributed by atoms with Crippen LogP contribution in [0.1, 0.15) is 53.2 Å². The number of methoxy groups -OCH3 is 1. The van der Waals surface area contributed by atoms with Crippen LogP contribution < -0.4 is 4.74 Å². The number of carbonyl (C=O) groups is 3. The smallest absolute Gasteiger partial charge is 0.330 e. The van der Waals surface area contributed by atoms with Crippen LogP contribution in [0, 0.1) is 11.8 Å². The van der Waals surface area contributed by atoms with Crippen LogP contribution in [0.4, 0.5) is 0 Å². The summed E-state index contributed by atoms with van der Waals surface area (Å²) in [5, 5.41) is 11.2. The molecular formula is C30H28ClNO5. The second kappa shape index (κ2) is 9.67. The number of halogens is 1. The molecule has 4 atom stereocenters. The predicted octanol–water partition coefficient (Wildman–Crippen LogP) is 5.77. The highest BCUT2D eigenvalue weighted by Gasteiger charge is 2.65. The first kappa shape index (κ1) is 25.0. The van der Waals surface area contributed by atoms with Gasteiger partial charge in [-0.1, -0.05) is 66.2 Å². The first-order valence-corrected chi connectivity index (χ1v) is 12.7. The minimum Gasteiger partial charge on any atom is -0.497 e. The number of Topliss-reactive ketones (excluding diaryl/α,β-unsaturated/α-hetero) is 1. The number of benzene rings is 3. The van der Waals surface area contributed by atoms with Gasteiger partial charge in [0.1, 0.15) is 11.3 Å². The normalized spacial score (nSPS) is 25.1. The van der Waals surface area contributed by atoms with E-state index < -0.39 is 29.4 Å². The van der Waals surface area contributed by atoms with E-state index in [2.05, 4.69) is 0 Å². The Labute approximate surface area is 220 Å². The SMILES string of the molecule is COc1ccc(C2C(C(=O)c3ccccc3)C(c3ccc(Cl)cc3)C(C)(C(=O)O)N2C(=O)C2CC2)cc1. The third kappa shape index (κ3) is 4.29. The van der Waals surface area contributed by atoms with E-state index in [1.165, 1.54) is 4.90 Å². The zero-order valence-electron chi connectivity index (χ0n) is 20.6. The lowest BCUT2D eigenvalue weighted by atomic mass is 9.71. The molecule has 1 heterocycles. The molecule has 1 saturated heterocycles. The quantitative estimate of drug-likeness (QED) is 0.402. The number of carboxylic acids is 1. The molecule has 190 valence electrons. The van der Waals surface area contributed by atoms with E-state index in [0.717, 1.165) is 0 Å². The van der Waals surface area contributed by atoms with Crippen molar-refractivity contribution in [2.75, 3.05) is 7.11 Å². The van der Waals surface area contributed by atoms with Gasteiger partial charge in [0.15, 0.2) is 5.78 Å². The first-order valence-electron chi connectivity index (χ1n) is 12.3. The van der Waals surface area contributed by atoms with E-state index in [4.69, 9.17) is 16.3 Å². The van der Waals surface area contributed by atoms with Gasteiger partial charge in [0.2, 0.25) is 5.91 Å². The molecule has 5 rings (SSSR count). The summed E-state index contributed by atoms with van der Waals surface area (Å²) >= 11 is 6.17. The Hall–Kier alpha value is -3.64. The van der Waals surface area contributed by atoms with E-state index in [9.17, 15) is 19.5 Å². The molecule has 0 radical (unpaired) electrons. The highest BCUT2D eigenvalue weighted by atomic mass is 35.5. The fourth-order valence-electron chi connectivity index (χ4n) is 5.71. The molecular weight excluding hydrogens is 490 g/mol. The lowest BCUT2D eigenvalue weighted by Crippen LogP contribution is -2.54. The van der Waals surface area contributed by atoms with Crippen molar-refractivity contribution in [1.82, 2.24) is 4.90 Å². The molecule has 1 amide bonds. The number of aliphatic carboxylic acids is 1. The van der Waals surface area contributed by atoms with E-state index in [0.29, 0.717) is 40.3 Å². The first-order chi connectivity index (χ1) is 17.8. The van der Waals surface area contributed by atoms with Crippen LogP contribution in [0.25, 0.3) is 0 Å². The van der Waals surface area contributed by atoms with Crippen LogP contribution in [-0.4, -0.2) is 40.3 Å². The van der Waals surface area contributed by atoms with Crippen LogP contribution in [-0.2, 0) is 9.59 Å². The van der Waals surface area contributed by atoms with Crippen LogP contribution in [0.5, 0.6) is 5.75 Å². The van der Waals surface area contributed by atoms with E-state index in [1.807, 2.05) is 18.2 Å². The highest BCUT2D eigenvalue weighted by molar-refractivity contribution is 6.30. The third-order valence-electron chi connectivity index (χ3n) is 7.73. The molecule has 0 aromatic heterocycles. The lowest BCUT2D eigenvalue weighted by molar-refractivity contribution is -0.158. The monoisotopic (exact) mass is 517 g/mol. The summed E-state index contributed by atoms with van der Waals surface area (Å²) in [4.78, 5) is 42.8. The summed E-state index contributed by atoms with van der Waals surface area (Å²) in [7, 11) is 1.56. The number of ether oxygens (including phenoxy) is 1. The molecule has 1 N–H and O–H groups in total. The minimum atomic E-state index is -1.67. The molecule has 3 aromatic carbocycles. The number of amides is 1. The number of ketones is 1. The number of hydrogen-bond acceptors (Lipinski definition) is 4. The minimum absolute atomic E-state index is 0.208. The van der Waals surface area contributed by atoms with Crippen molar-refractivity contribution in [2.45, 2.75) is 37.3 Å². The average molecular weight is 518 g/mol. The largest absolute Gasteiger partial charge is 0.497 e. The maximum atomic E-state index is 14.3. The molecule has 0 bridgehead atoms. The van der Waals surface area contributed by atoms with Gasteiger partial charge in [-0.3, -0.25) is 9.59 Å². The fourth-order valence-corrected chi connectivity index (χ4v) is 5.84. The fraction of sp³-hybridized carbons (Fsp3) is 0.300. The van der Waals surface area contributed by atoms with Gasteiger partial charge in [-0.25, -0.2) is 4.79 Å². The van der Waals surface area contributed by atoms with Crippen molar-refractivity contribution in [3.63, 3.8) is 0 Å². The van der Waals surface area contributed by atoms with Crippen LogP contribution in [0.15, 0.2) is 78.9 Å². The maximum absolute atomic E-state index is 14.3. The van der Waals surface area contributed by atoms with E-state index in [1.54, 1.807) is 74.7 Å². The molecule has 4 unspecified atom stereocenters. The zero-order chi connectivity index (χ0) is 26.3. The Morgan fingerprint density at radius 2 is 1.51 bits per heavy atom. The van der Waals surface area contributed by atoms with E-state index in [-0.39, 0.29) is 17.6 Å². The van der Waals surface area contributed by atoms with E-state index >= 15 is 0 Å². The van der Waals surface area contributed by atoms with Crippen molar-refractivity contribution in [2.24, 2.45) is 11.8 Å². The summed E-state index contributed by atoms with van der Waals surface area (Å²) in [6, 6.07) is 22.1. The van der Waals surface area contributed by atoms with Gasteiger partial charge in [-0.15, -0.1) is 0 Å². The summed E-state index contributed by atoms with van der Waals surface area (Å²) in [6.45, 7) is 1.57. The molecule has 1 aliphatic heterocycles. The summed E-state index contributed by atoms with van der Waals surface area (Å²) < 4.78 is 5.32. The zero-order valence-corrected chi connectivity index (χ0v) is 21.4. The van der Waals surface area contributed by atoms with Gasteiger partial charge >= 0.3 is 5.97 Å². The summed E-state index contributed by atoms with van der Waals surface area (Å²) in [5.74, 6) is -2.86. The topological polar surface area (TPSA) is 83.9 Å². The van der Waals surface area contributed by atoms with Crippen molar-refractivity contribution < 1.29 is 24.2 Å². The van der Waals surface area contributed by atoms with Gasteiger partial charge in [0.05, 0.1) is 19.1 Å². The van der Waals surface area contributed by atoms with Crippen molar-refractivity contribution >= 4 is 29.3 Å². The van der Waals surface area contributed by atoms with Crippen LogP contribution in [0.3, 0.4) is 0 Å². The second-order valence-corrected chi connectivity index (χ2v) is 10.4.